The predicted octanol–water partition coefficient (Wildman–Crippen LogP) is 3.93. The zero-order valence-corrected chi connectivity index (χ0v) is 13.8. The summed E-state index contributed by atoms with van der Waals surface area (Å²) in [7, 11) is 0. The third-order valence-corrected chi connectivity index (χ3v) is 4.30. The lowest BCUT2D eigenvalue weighted by molar-refractivity contribution is -0.115. The minimum absolute atomic E-state index is 0.0228. The van der Waals surface area contributed by atoms with E-state index in [4.69, 9.17) is 11.6 Å². The number of nitrogens with zero attached hydrogens (tertiary/aromatic N) is 1. The first-order valence-corrected chi connectivity index (χ1v) is 8.10. The monoisotopic (exact) mass is 358 g/mol. The van der Waals surface area contributed by atoms with Gasteiger partial charge < -0.3 is 10.4 Å². The Morgan fingerprint density at radius 3 is 2.67 bits per heavy atom. The number of amidine groups is 1. The van der Waals surface area contributed by atoms with E-state index >= 15 is 0 Å². The molecule has 1 amide bonds. The average molecular weight is 359 g/mol. The molecule has 24 heavy (non-hydrogen) atoms. The molecule has 0 saturated carbocycles. The molecule has 0 atom stereocenters. The van der Waals surface area contributed by atoms with Crippen molar-refractivity contribution >= 4 is 52.2 Å². The van der Waals surface area contributed by atoms with Gasteiger partial charge in [-0.2, -0.15) is 0 Å². The number of halogens is 1. The van der Waals surface area contributed by atoms with Crippen molar-refractivity contribution in [3.63, 3.8) is 0 Å². The summed E-state index contributed by atoms with van der Waals surface area (Å²) in [5.74, 6) is -1.40. The van der Waals surface area contributed by atoms with E-state index < -0.39 is 5.97 Å². The Balaban J connectivity index is 1.90. The fourth-order valence-corrected chi connectivity index (χ4v) is 3.07. The summed E-state index contributed by atoms with van der Waals surface area (Å²) in [6, 6.07) is 13.8. The van der Waals surface area contributed by atoms with Crippen LogP contribution in [0.5, 0.6) is 0 Å². The Morgan fingerprint density at radius 2 is 1.96 bits per heavy atom. The maximum atomic E-state index is 12.0. The van der Waals surface area contributed by atoms with Crippen molar-refractivity contribution in [2.24, 2.45) is 4.99 Å². The van der Waals surface area contributed by atoms with E-state index in [-0.39, 0.29) is 17.2 Å². The second-order valence-corrected chi connectivity index (χ2v) is 6.33. The van der Waals surface area contributed by atoms with Crippen LogP contribution in [0, 0.1) is 0 Å². The number of hydrogen-bond donors (Lipinski definition) is 2. The normalized spacial score (nSPS) is 17.3. The van der Waals surface area contributed by atoms with Crippen LogP contribution in [0.1, 0.15) is 15.9 Å². The minimum atomic E-state index is -1.13. The number of benzene rings is 2. The molecule has 2 aromatic carbocycles. The molecule has 2 N–H and O–H groups in total. The minimum Gasteiger partial charge on any atom is -0.478 e. The number of aliphatic imine (C=N–C) groups is 1. The molecule has 0 spiro atoms. The molecule has 1 fully saturated rings. The molecule has 1 saturated heterocycles. The number of carbonyl (C=O) groups is 2. The van der Waals surface area contributed by atoms with Crippen LogP contribution in [0.25, 0.3) is 6.08 Å². The highest BCUT2D eigenvalue weighted by Crippen LogP contribution is 2.30. The molecule has 1 aliphatic rings. The molecule has 7 heteroatoms. The van der Waals surface area contributed by atoms with Crippen molar-refractivity contribution in [2.75, 3.05) is 0 Å². The van der Waals surface area contributed by atoms with E-state index in [2.05, 4.69) is 10.3 Å². The summed E-state index contributed by atoms with van der Waals surface area (Å²) in [5.41, 5.74) is 1.11. The van der Waals surface area contributed by atoms with E-state index in [0.717, 1.165) is 17.3 Å². The van der Waals surface area contributed by atoms with Crippen molar-refractivity contribution in [3.05, 3.63) is 69.6 Å². The lowest BCUT2D eigenvalue weighted by atomic mass is 10.2. The van der Waals surface area contributed by atoms with Gasteiger partial charge in [-0.1, -0.05) is 41.9 Å². The summed E-state index contributed by atoms with van der Waals surface area (Å²) < 4.78 is 0. The van der Waals surface area contributed by atoms with Gasteiger partial charge in [0.15, 0.2) is 5.17 Å². The van der Waals surface area contributed by atoms with E-state index in [1.54, 1.807) is 12.1 Å². The first kappa shape index (κ1) is 16.3. The molecule has 0 aliphatic carbocycles. The molecular formula is C17H11ClN2O3S. The van der Waals surface area contributed by atoms with Crippen molar-refractivity contribution in [1.82, 2.24) is 5.32 Å². The standard InChI is InChI=1S/C17H11ClN2O3S/c18-11-6-7-13(12(9-11)16(22)23)19-17-20-15(21)14(24-17)8-10-4-2-1-3-5-10/h1-9H,(H,22,23)(H,19,20,21)/b14-8+. The number of carbonyl (C=O) groups excluding carboxylic acids is 1. The smallest absolute Gasteiger partial charge is 0.337 e. The van der Waals surface area contributed by atoms with Gasteiger partial charge in [-0.05, 0) is 41.6 Å². The summed E-state index contributed by atoms with van der Waals surface area (Å²) in [5, 5.41) is 12.5. The van der Waals surface area contributed by atoms with Crippen LogP contribution in [0.2, 0.25) is 5.02 Å². The predicted molar refractivity (Wildman–Crippen MR) is 95.7 cm³/mol. The van der Waals surface area contributed by atoms with Gasteiger partial charge in [-0.3, -0.25) is 4.79 Å². The SMILES string of the molecule is O=C1NC(=Nc2ccc(Cl)cc2C(=O)O)S/C1=C/c1ccccc1. The summed E-state index contributed by atoms with van der Waals surface area (Å²) >= 11 is 6.98. The quantitative estimate of drug-likeness (QED) is 0.815. The first-order chi connectivity index (χ1) is 11.5. The summed E-state index contributed by atoms with van der Waals surface area (Å²) in [6.07, 6.45) is 1.75. The highest BCUT2D eigenvalue weighted by Gasteiger charge is 2.24. The number of hydrogen-bond acceptors (Lipinski definition) is 4. The maximum Gasteiger partial charge on any atom is 0.337 e. The molecule has 0 radical (unpaired) electrons. The first-order valence-electron chi connectivity index (χ1n) is 6.90. The summed E-state index contributed by atoms with van der Waals surface area (Å²) in [4.78, 5) is 28.0. The topological polar surface area (TPSA) is 78.8 Å². The average Bonchev–Trinajstić information content (AvgIpc) is 2.89. The molecule has 0 unspecified atom stereocenters. The Kier molecular flexibility index (Phi) is 4.69. The van der Waals surface area contributed by atoms with Crippen LogP contribution in [0.15, 0.2) is 58.4 Å². The van der Waals surface area contributed by atoms with Gasteiger partial charge in [0.25, 0.3) is 5.91 Å². The zero-order valence-electron chi connectivity index (χ0n) is 12.2. The second-order valence-electron chi connectivity index (χ2n) is 4.86. The highest BCUT2D eigenvalue weighted by atomic mass is 35.5. The lowest BCUT2D eigenvalue weighted by Crippen LogP contribution is -2.19. The Hall–Kier alpha value is -2.57. The van der Waals surface area contributed by atoms with Crippen molar-refractivity contribution in [3.8, 4) is 0 Å². The Labute approximate surface area is 147 Å². The Morgan fingerprint density at radius 1 is 1.21 bits per heavy atom. The zero-order chi connectivity index (χ0) is 17.1. The number of carboxylic acids is 1. The largest absolute Gasteiger partial charge is 0.478 e. The third-order valence-electron chi connectivity index (χ3n) is 3.16. The van der Waals surface area contributed by atoms with Gasteiger partial charge in [-0.25, -0.2) is 9.79 Å². The van der Waals surface area contributed by atoms with Crippen molar-refractivity contribution < 1.29 is 14.7 Å². The molecule has 1 heterocycles. The third kappa shape index (κ3) is 3.67. The maximum absolute atomic E-state index is 12.0. The second kappa shape index (κ2) is 6.90. The van der Waals surface area contributed by atoms with E-state index in [9.17, 15) is 14.7 Å². The number of aromatic carboxylic acids is 1. The Bertz CT molecular complexity index is 879. The van der Waals surface area contributed by atoms with Crippen molar-refractivity contribution in [1.29, 1.82) is 0 Å². The summed E-state index contributed by atoms with van der Waals surface area (Å²) in [6.45, 7) is 0. The van der Waals surface area contributed by atoms with Gasteiger partial charge in [0.05, 0.1) is 16.2 Å². The molecule has 3 rings (SSSR count). The van der Waals surface area contributed by atoms with Crippen molar-refractivity contribution in [2.45, 2.75) is 0 Å². The number of thioether (sulfide) groups is 1. The van der Waals surface area contributed by atoms with E-state index in [0.29, 0.717) is 15.1 Å². The lowest BCUT2D eigenvalue weighted by Gasteiger charge is -2.02. The number of nitrogens with one attached hydrogen (secondary N) is 1. The van der Waals surface area contributed by atoms with Crippen LogP contribution in [-0.2, 0) is 4.79 Å². The van der Waals surface area contributed by atoms with Crippen LogP contribution >= 0.6 is 23.4 Å². The van der Waals surface area contributed by atoms with Crippen LogP contribution in [0.3, 0.4) is 0 Å². The molecule has 5 nitrogen and oxygen atoms in total. The van der Waals surface area contributed by atoms with Crippen LogP contribution in [-0.4, -0.2) is 22.2 Å². The fraction of sp³-hybridized carbons (Fsp3) is 0. The molecular weight excluding hydrogens is 348 g/mol. The van der Waals surface area contributed by atoms with Gasteiger partial charge in [0.2, 0.25) is 0 Å². The molecule has 0 aromatic heterocycles. The molecule has 120 valence electrons. The number of amides is 1. The van der Waals surface area contributed by atoms with Crippen LogP contribution < -0.4 is 5.32 Å². The molecule has 0 bridgehead atoms. The molecule has 2 aromatic rings. The van der Waals surface area contributed by atoms with Gasteiger partial charge in [0, 0.05) is 5.02 Å². The van der Waals surface area contributed by atoms with Crippen LogP contribution in [0.4, 0.5) is 5.69 Å². The van der Waals surface area contributed by atoms with Gasteiger partial charge >= 0.3 is 5.97 Å². The number of rotatable bonds is 3. The highest BCUT2D eigenvalue weighted by molar-refractivity contribution is 8.18. The van der Waals surface area contributed by atoms with E-state index in [1.807, 2.05) is 30.3 Å². The van der Waals surface area contributed by atoms with Gasteiger partial charge in [0.1, 0.15) is 0 Å². The van der Waals surface area contributed by atoms with Gasteiger partial charge in [-0.15, -0.1) is 0 Å². The van der Waals surface area contributed by atoms with E-state index in [1.165, 1.54) is 12.1 Å². The molecule has 1 aliphatic heterocycles. The number of carboxylic acid groups (broad SMARTS) is 1. The fourth-order valence-electron chi connectivity index (χ4n) is 2.07.